The van der Waals surface area contributed by atoms with Crippen LogP contribution in [-0.2, 0) is 5.41 Å². The first-order chi connectivity index (χ1) is 15.7. The van der Waals surface area contributed by atoms with Crippen molar-refractivity contribution in [3.8, 4) is 22.8 Å². The lowest BCUT2D eigenvalue weighted by atomic mass is 9.87. The molecule has 0 spiro atoms. The van der Waals surface area contributed by atoms with Gasteiger partial charge < -0.3 is 13.9 Å². The maximum absolute atomic E-state index is 13.3. The van der Waals surface area contributed by atoms with Crippen LogP contribution >= 0.6 is 0 Å². The molecule has 4 aromatic rings. The molecule has 4 rings (SSSR count). The first-order valence-electron chi connectivity index (χ1n) is 10.7. The molecule has 1 aromatic heterocycles. The van der Waals surface area contributed by atoms with Crippen LogP contribution in [0.25, 0.3) is 22.3 Å². The zero-order chi connectivity index (χ0) is 23.8. The molecule has 0 saturated heterocycles. The Labute approximate surface area is 192 Å². The van der Waals surface area contributed by atoms with Crippen LogP contribution in [0.3, 0.4) is 0 Å². The highest BCUT2D eigenvalue weighted by atomic mass is 16.5. The third kappa shape index (κ3) is 4.53. The van der Waals surface area contributed by atoms with E-state index >= 15 is 0 Å². The Balaban J connectivity index is 1.81. The van der Waals surface area contributed by atoms with E-state index in [1.165, 1.54) is 0 Å². The molecule has 0 saturated carbocycles. The Kier molecular flexibility index (Phi) is 5.81. The van der Waals surface area contributed by atoms with Crippen molar-refractivity contribution in [3.05, 3.63) is 93.6 Å². The van der Waals surface area contributed by atoms with E-state index in [0.29, 0.717) is 27.8 Å². The molecule has 33 heavy (non-hydrogen) atoms. The van der Waals surface area contributed by atoms with Crippen LogP contribution in [0.15, 0.2) is 75.9 Å². The molecule has 168 valence electrons. The summed E-state index contributed by atoms with van der Waals surface area (Å²) in [4.78, 5) is 26.3. The number of fused-ring (bicyclic) bond motifs is 1. The summed E-state index contributed by atoms with van der Waals surface area (Å²) in [5.74, 6) is 0.0982. The lowest BCUT2D eigenvalue weighted by molar-refractivity contribution is 0.0731. The van der Waals surface area contributed by atoms with Crippen LogP contribution in [0, 0.1) is 6.92 Å². The quantitative estimate of drug-likeness (QED) is 0.347. The number of hydrogen-bond acceptors (Lipinski definition) is 5. The normalized spacial score (nSPS) is 11.4. The largest absolute Gasteiger partial charge is 0.497 e. The predicted molar refractivity (Wildman–Crippen MR) is 129 cm³/mol. The molecular weight excluding hydrogens is 416 g/mol. The number of carbonyl (C=O) groups excluding carboxylic acids is 1. The van der Waals surface area contributed by atoms with Gasteiger partial charge >= 0.3 is 5.97 Å². The van der Waals surface area contributed by atoms with Gasteiger partial charge in [0, 0.05) is 5.56 Å². The van der Waals surface area contributed by atoms with E-state index in [-0.39, 0.29) is 16.9 Å². The summed E-state index contributed by atoms with van der Waals surface area (Å²) in [7, 11) is 1.58. The number of carbonyl (C=O) groups is 1. The highest BCUT2D eigenvalue weighted by Gasteiger charge is 2.22. The van der Waals surface area contributed by atoms with Crippen LogP contribution in [0.1, 0.15) is 42.3 Å². The van der Waals surface area contributed by atoms with Crippen molar-refractivity contribution in [2.45, 2.75) is 33.1 Å². The number of esters is 1. The maximum atomic E-state index is 13.3. The van der Waals surface area contributed by atoms with Crippen molar-refractivity contribution < 1.29 is 18.7 Å². The van der Waals surface area contributed by atoms with Gasteiger partial charge in [-0.05, 0) is 72.0 Å². The number of aryl methyl sites for hydroxylation is 1. The Morgan fingerprint density at radius 3 is 2.18 bits per heavy atom. The van der Waals surface area contributed by atoms with Crippen LogP contribution < -0.4 is 14.9 Å². The standard InChI is InChI=1S/C28H26O5/c1-17-6-15-22-23(16-17)32-25(18-9-13-21(31-5)14-10-18)26(24(22)29)33-27(30)19-7-11-20(12-8-19)28(2,3)4/h6-16H,1-5H3. The highest BCUT2D eigenvalue weighted by Crippen LogP contribution is 2.33. The highest BCUT2D eigenvalue weighted by molar-refractivity contribution is 5.93. The summed E-state index contributed by atoms with van der Waals surface area (Å²) < 4.78 is 17.0. The molecule has 0 aliphatic carbocycles. The molecule has 0 bridgehead atoms. The molecule has 5 heteroatoms. The fourth-order valence-electron chi connectivity index (χ4n) is 3.57. The first kappa shape index (κ1) is 22.3. The van der Waals surface area contributed by atoms with Gasteiger partial charge in [0.05, 0.1) is 18.1 Å². The SMILES string of the molecule is COc1ccc(-c2oc3cc(C)ccc3c(=O)c2OC(=O)c2ccc(C(C)(C)C)cc2)cc1. The Morgan fingerprint density at radius 2 is 1.58 bits per heavy atom. The molecule has 0 unspecified atom stereocenters. The monoisotopic (exact) mass is 442 g/mol. The third-order valence-electron chi connectivity index (χ3n) is 5.54. The molecule has 3 aromatic carbocycles. The van der Waals surface area contributed by atoms with E-state index in [1.54, 1.807) is 55.6 Å². The van der Waals surface area contributed by atoms with Crippen molar-refractivity contribution in [2.75, 3.05) is 7.11 Å². The maximum Gasteiger partial charge on any atom is 0.343 e. The average Bonchev–Trinajstić information content (AvgIpc) is 2.80. The summed E-state index contributed by atoms with van der Waals surface area (Å²) in [5.41, 5.74) is 2.99. The van der Waals surface area contributed by atoms with Gasteiger partial charge in [0.2, 0.25) is 11.2 Å². The van der Waals surface area contributed by atoms with Gasteiger partial charge in [0.25, 0.3) is 0 Å². The summed E-state index contributed by atoms with van der Waals surface area (Å²) in [5, 5.41) is 0.351. The molecule has 0 amide bonds. The summed E-state index contributed by atoms with van der Waals surface area (Å²) in [6, 6.07) is 19.5. The number of hydrogen-bond donors (Lipinski definition) is 0. The molecular formula is C28H26O5. The molecule has 5 nitrogen and oxygen atoms in total. The van der Waals surface area contributed by atoms with Gasteiger partial charge in [0.1, 0.15) is 11.3 Å². The van der Waals surface area contributed by atoms with Crippen molar-refractivity contribution >= 4 is 16.9 Å². The predicted octanol–water partition coefficient (Wildman–Crippen LogP) is 6.29. The van der Waals surface area contributed by atoms with E-state index in [9.17, 15) is 9.59 Å². The van der Waals surface area contributed by atoms with E-state index in [0.717, 1.165) is 11.1 Å². The first-order valence-corrected chi connectivity index (χ1v) is 10.7. The van der Waals surface area contributed by atoms with Crippen molar-refractivity contribution in [3.63, 3.8) is 0 Å². The number of methoxy groups -OCH3 is 1. The molecule has 0 aliphatic rings. The Morgan fingerprint density at radius 1 is 0.909 bits per heavy atom. The zero-order valence-corrected chi connectivity index (χ0v) is 19.4. The van der Waals surface area contributed by atoms with Crippen LogP contribution in [0.4, 0.5) is 0 Å². The molecule has 1 heterocycles. The summed E-state index contributed by atoms with van der Waals surface area (Å²) in [6.45, 7) is 8.22. The second-order valence-corrected chi connectivity index (χ2v) is 9.03. The Bertz CT molecular complexity index is 1370. The number of rotatable bonds is 4. The van der Waals surface area contributed by atoms with E-state index in [4.69, 9.17) is 13.9 Å². The smallest absolute Gasteiger partial charge is 0.343 e. The van der Waals surface area contributed by atoms with Gasteiger partial charge in [-0.1, -0.05) is 39.0 Å². The number of benzene rings is 3. The van der Waals surface area contributed by atoms with Crippen LogP contribution in [-0.4, -0.2) is 13.1 Å². The fraction of sp³-hybridized carbons (Fsp3) is 0.214. The third-order valence-corrected chi connectivity index (χ3v) is 5.54. The van der Waals surface area contributed by atoms with Gasteiger partial charge in [-0.25, -0.2) is 4.79 Å². The van der Waals surface area contributed by atoms with E-state index in [1.807, 2.05) is 25.1 Å². The lowest BCUT2D eigenvalue weighted by Gasteiger charge is -2.19. The molecule has 0 radical (unpaired) electrons. The van der Waals surface area contributed by atoms with E-state index in [2.05, 4.69) is 20.8 Å². The minimum Gasteiger partial charge on any atom is -0.497 e. The van der Waals surface area contributed by atoms with Gasteiger partial charge in [0.15, 0.2) is 5.76 Å². The molecule has 0 fully saturated rings. The molecule has 0 atom stereocenters. The number of ether oxygens (including phenoxy) is 2. The topological polar surface area (TPSA) is 65.7 Å². The average molecular weight is 443 g/mol. The van der Waals surface area contributed by atoms with Crippen molar-refractivity contribution in [1.29, 1.82) is 0 Å². The van der Waals surface area contributed by atoms with Gasteiger partial charge in [-0.15, -0.1) is 0 Å². The van der Waals surface area contributed by atoms with Crippen LogP contribution in [0.2, 0.25) is 0 Å². The summed E-state index contributed by atoms with van der Waals surface area (Å²) in [6.07, 6.45) is 0. The zero-order valence-electron chi connectivity index (χ0n) is 19.4. The lowest BCUT2D eigenvalue weighted by Crippen LogP contribution is -2.17. The van der Waals surface area contributed by atoms with Gasteiger partial charge in [-0.3, -0.25) is 4.79 Å². The van der Waals surface area contributed by atoms with Crippen molar-refractivity contribution in [1.82, 2.24) is 0 Å². The summed E-state index contributed by atoms with van der Waals surface area (Å²) >= 11 is 0. The molecule has 0 N–H and O–H groups in total. The second kappa shape index (κ2) is 8.58. The molecule has 0 aliphatic heterocycles. The van der Waals surface area contributed by atoms with Crippen molar-refractivity contribution in [2.24, 2.45) is 0 Å². The Hall–Kier alpha value is -3.86. The van der Waals surface area contributed by atoms with Gasteiger partial charge in [-0.2, -0.15) is 0 Å². The van der Waals surface area contributed by atoms with E-state index < -0.39 is 11.4 Å². The second-order valence-electron chi connectivity index (χ2n) is 9.03. The fourth-order valence-corrected chi connectivity index (χ4v) is 3.57. The minimum absolute atomic E-state index is 0.0402. The minimum atomic E-state index is -0.621. The van der Waals surface area contributed by atoms with Crippen LogP contribution in [0.5, 0.6) is 11.5 Å².